The molecule has 2 heterocycles. The summed E-state index contributed by atoms with van der Waals surface area (Å²) in [6.07, 6.45) is 4.69. The average Bonchev–Trinajstić information content (AvgIpc) is 2.86. The average molecular weight is 380 g/mol. The molecule has 1 fully saturated rings. The Kier molecular flexibility index (Phi) is 5.53. The maximum absolute atomic E-state index is 12.6. The van der Waals surface area contributed by atoms with Crippen LogP contribution in [0.4, 0.5) is 0 Å². The zero-order valence-corrected chi connectivity index (χ0v) is 16.9. The van der Waals surface area contributed by atoms with E-state index in [1.807, 2.05) is 13.8 Å². The Bertz CT molecular complexity index is 856. The van der Waals surface area contributed by atoms with Crippen molar-refractivity contribution in [1.82, 2.24) is 14.9 Å². The quantitative estimate of drug-likeness (QED) is 0.653. The molecule has 0 radical (unpaired) electrons. The molecule has 1 amide bonds. The fourth-order valence-corrected chi connectivity index (χ4v) is 5.25. The van der Waals surface area contributed by atoms with Crippen molar-refractivity contribution in [2.75, 3.05) is 5.75 Å². The first-order valence-corrected chi connectivity index (χ1v) is 10.6. The highest BCUT2D eigenvalue weighted by Gasteiger charge is 2.23. The zero-order valence-electron chi connectivity index (χ0n) is 15.2. The van der Waals surface area contributed by atoms with Crippen LogP contribution in [0.5, 0.6) is 0 Å². The first-order valence-electron chi connectivity index (χ1n) is 8.77. The fourth-order valence-electron chi connectivity index (χ4n) is 3.39. The van der Waals surface area contributed by atoms with E-state index in [0.717, 1.165) is 21.7 Å². The number of hydrogen-bond donors (Lipinski definition) is 1. The van der Waals surface area contributed by atoms with Gasteiger partial charge >= 0.3 is 0 Å². The van der Waals surface area contributed by atoms with E-state index in [0.29, 0.717) is 22.2 Å². The second-order valence-electron chi connectivity index (χ2n) is 6.95. The summed E-state index contributed by atoms with van der Waals surface area (Å²) in [5, 5.41) is 4.46. The van der Waals surface area contributed by atoms with E-state index in [9.17, 15) is 9.59 Å². The summed E-state index contributed by atoms with van der Waals surface area (Å²) >= 11 is 2.88. The largest absolute Gasteiger partial charge is 0.352 e. The summed E-state index contributed by atoms with van der Waals surface area (Å²) < 4.78 is 1.56. The number of carbonyl (C=O) groups excluding carboxylic acids is 1. The van der Waals surface area contributed by atoms with Crippen molar-refractivity contribution in [3.05, 3.63) is 20.8 Å². The molecular formula is C18H25N3O2S2. The van der Waals surface area contributed by atoms with Gasteiger partial charge in [-0.05, 0) is 38.2 Å². The minimum atomic E-state index is -0.0318. The topological polar surface area (TPSA) is 64.0 Å². The van der Waals surface area contributed by atoms with Gasteiger partial charge in [0.2, 0.25) is 5.91 Å². The van der Waals surface area contributed by atoms with Crippen LogP contribution in [-0.2, 0) is 11.8 Å². The molecule has 2 aromatic heterocycles. The predicted molar refractivity (Wildman–Crippen MR) is 105 cm³/mol. The Morgan fingerprint density at radius 2 is 2.08 bits per heavy atom. The highest BCUT2D eigenvalue weighted by molar-refractivity contribution is 7.99. The van der Waals surface area contributed by atoms with Crippen molar-refractivity contribution in [2.45, 2.75) is 57.7 Å². The van der Waals surface area contributed by atoms with Crippen molar-refractivity contribution in [1.29, 1.82) is 0 Å². The molecule has 3 rings (SSSR count). The summed E-state index contributed by atoms with van der Waals surface area (Å²) in [5.41, 5.74) is 0.976. The van der Waals surface area contributed by atoms with E-state index in [4.69, 9.17) is 0 Å². The van der Waals surface area contributed by atoms with E-state index in [1.54, 1.807) is 23.0 Å². The van der Waals surface area contributed by atoms with Crippen molar-refractivity contribution in [3.63, 3.8) is 0 Å². The number of rotatable bonds is 4. The molecule has 0 aliphatic heterocycles. The third-order valence-corrected chi connectivity index (χ3v) is 7.29. The van der Waals surface area contributed by atoms with Crippen LogP contribution in [0.15, 0.2) is 9.95 Å². The number of aryl methyl sites for hydroxylation is 2. The Hall–Kier alpha value is -1.34. The predicted octanol–water partition coefficient (Wildman–Crippen LogP) is 3.40. The van der Waals surface area contributed by atoms with Crippen molar-refractivity contribution >= 4 is 39.2 Å². The molecule has 0 unspecified atom stereocenters. The SMILES string of the molecule is Cc1sc2nc(SCC(=O)N[C@@H]3CCCC[C@H]3C)n(C)c(=O)c2c1C. The van der Waals surface area contributed by atoms with Crippen LogP contribution < -0.4 is 10.9 Å². The number of thioether (sulfide) groups is 1. The molecule has 0 saturated heterocycles. The minimum absolute atomic E-state index is 0.0247. The van der Waals surface area contributed by atoms with Crippen LogP contribution in [-0.4, -0.2) is 27.3 Å². The normalized spacial score (nSPS) is 20.8. The third-order valence-electron chi connectivity index (χ3n) is 5.16. The van der Waals surface area contributed by atoms with Crippen molar-refractivity contribution in [2.24, 2.45) is 13.0 Å². The molecule has 2 aromatic rings. The summed E-state index contributed by atoms with van der Waals surface area (Å²) in [6.45, 7) is 6.17. The van der Waals surface area contributed by atoms with E-state index < -0.39 is 0 Å². The number of hydrogen-bond acceptors (Lipinski definition) is 5. The first kappa shape index (κ1) is 18.5. The van der Waals surface area contributed by atoms with Gasteiger partial charge in [-0.2, -0.15) is 0 Å². The van der Waals surface area contributed by atoms with Gasteiger partial charge in [0.05, 0.1) is 11.1 Å². The molecule has 1 aliphatic carbocycles. The molecular weight excluding hydrogens is 354 g/mol. The second-order valence-corrected chi connectivity index (χ2v) is 9.09. The zero-order chi connectivity index (χ0) is 18.1. The van der Waals surface area contributed by atoms with Crippen LogP contribution in [0.3, 0.4) is 0 Å². The smallest absolute Gasteiger partial charge is 0.262 e. The fraction of sp³-hybridized carbons (Fsp3) is 0.611. The van der Waals surface area contributed by atoms with Gasteiger partial charge in [0.15, 0.2) is 5.16 Å². The van der Waals surface area contributed by atoms with Gasteiger partial charge in [0.25, 0.3) is 5.56 Å². The van der Waals surface area contributed by atoms with E-state index >= 15 is 0 Å². The van der Waals surface area contributed by atoms with Gasteiger partial charge in [-0.3, -0.25) is 14.2 Å². The van der Waals surface area contributed by atoms with E-state index in [1.165, 1.54) is 31.0 Å². The van der Waals surface area contributed by atoms with Gasteiger partial charge in [-0.15, -0.1) is 11.3 Å². The van der Waals surface area contributed by atoms with Crippen LogP contribution in [0.1, 0.15) is 43.0 Å². The summed E-state index contributed by atoms with van der Waals surface area (Å²) in [7, 11) is 1.73. The maximum Gasteiger partial charge on any atom is 0.262 e. The number of fused-ring (bicyclic) bond motifs is 1. The summed E-state index contributed by atoms with van der Waals surface area (Å²) in [5.74, 6) is 0.855. The van der Waals surface area contributed by atoms with Crippen LogP contribution in [0, 0.1) is 19.8 Å². The molecule has 7 heteroatoms. The molecule has 0 spiro atoms. The molecule has 1 saturated carbocycles. The second kappa shape index (κ2) is 7.50. The summed E-state index contributed by atoms with van der Waals surface area (Å²) in [6, 6.07) is 0.281. The lowest BCUT2D eigenvalue weighted by atomic mass is 9.86. The number of carbonyl (C=O) groups is 1. The first-order chi connectivity index (χ1) is 11.9. The lowest BCUT2D eigenvalue weighted by molar-refractivity contribution is -0.119. The molecule has 1 aliphatic rings. The Labute approximate surface area is 156 Å². The van der Waals surface area contributed by atoms with E-state index in [2.05, 4.69) is 17.2 Å². The van der Waals surface area contributed by atoms with Crippen LogP contribution >= 0.6 is 23.1 Å². The Morgan fingerprint density at radius 1 is 1.36 bits per heavy atom. The number of aromatic nitrogens is 2. The van der Waals surface area contributed by atoms with Crippen LogP contribution in [0.25, 0.3) is 10.2 Å². The summed E-state index contributed by atoms with van der Waals surface area (Å²) in [4.78, 5) is 31.4. The monoisotopic (exact) mass is 379 g/mol. The molecule has 1 N–H and O–H groups in total. The van der Waals surface area contributed by atoms with Gasteiger partial charge in [-0.1, -0.05) is 31.5 Å². The Balaban J connectivity index is 1.71. The molecule has 5 nitrogen and oxygen atoms in total. The van der Waals surface area contributed by atoms with Crippen LogP contribution in [0.2, 0.25) is 0 Å². The standard InChI is InChI=1S/C18H25N3O2S2/c1-10-7-5-6-8-13(10)19-14(22)9-24-18-20-16-15(17(23)21(18)4)11(2)12(3)25-16/h10,13H,5-9H2,1-4H3,(H,19,22)/t10-,13-/m1/s1. The minimum Gasteiger partial charge on any atom is -0.352 e. The maximum atomic E-state index is 12.6. The molecule has 136 valence electrons. The lowest BCUT2D eigenvalue weighted by Crippen LogP contribution is -2.41. The van der Waals surface area contributed by atoms with Gasteiger partial charge < -0.3 is 5.32 Å². The number of amides is 1. The number of nitrogens with zero attached hydrogens (tertiary/aromatic N) is 2. The lowest BCUT2D eigenvalue weighted by Gasteiger charge is -2.29. The number of thiophene rings is 1. The van der Waals surface area contributed by atoms with Gasteiger partial charge in [-0.25, -0.2) is 4.98 Å². The van der Waals surface area contributed by atoms with E-state index in [-0.39, 0.29) is 17.5 Å². The highest BCUT2D eigenvalue weighted by atomic mass is 32.2. The molecule has 2 atom stereocenters. The van der Waals surface area contributed by atoms with Gasteiger partial charge in [0.1, 0.15) is 4.83 Å². The van der Waals surface area contributed by atoms with Gasteiger partial charge in [0, 0.05) is 18.0 Å². The number of nitrogens with one attached hydrogen (secondary N) is 1. The van der Waals surface area contributed by atoms with Crippen molar-refractivity contribution < 1.29 is 4.79 Å². The molecule has 0 bridgehead atoms. The Morgan fingerprint density at radius 3 is 2.80 bits per heavy atom. The highest BCUT2D eigenvalue weighted by Crippen LogP contribution is 2.28. The third kappa shape index (κ3) is 3.77. The molecule has 0 aromatic carbocycles. The van der Waals surface area contributed by atoms with Crippen molar-refractivity contribution in [3.8, 4) is 0 Å². The molecule has 25 heavy (non-hydrogen) atoms.